The van der Waals surface area contributed by atoms with Gasteiger partial charge in [0.1, 0.15) is 11.6 Å². The van der Waals surface area contributed by atoms with Gasteiger partial charge in [0.25, 0.3) is 0 Å². The molecule has 0 spiro atoms. The van der Waals surface area contributed by atoms with Crippen LogP contribution in [0.4, 0.5) is 0 Å². The van der Waals surface area contributed by atoms with Crippen molar-refractivity contribution in [2.75, 3.05) is 6.61 Å². The highest BCUT2D eigenvalue weighted by Crippen LogP contribution is 2.20. The first kappa shape index (κ1) is 11.9. The van der Waals surface area contributed by atoms with E-state index >= 15 is 0 Å². The normalized spacial score (nSPS) is 10.2. The zero-order valence-corrected chi connectivity index (χ0v) is 10.3. The fourth-order valence-electron chi connectivity index (χ4n) is 1.51. The van der Waals surface area contributed by atoms with Crippen molar-refractivity contribution in [1.29, 1.82) is 0 Å². The monoisotopic (exact) mass is 248 g/mol. The Morgan fingerprint density at radius 3 is 2.59 bits per heavy atom. The van der Waals surface area contributed by atoms with Crippen LogP contribution in [-0.4, -0.2) is 16.6 Å². The van der Waals surface area contributed by atoms with E-state index in [-0.39, 0.29) is 0 Å². The van der Waals surface area contributed by atoms with Crippen molar-refractivity contribution in [1.82, 2.24) is 9.97 Å². The first-order valence-electron chi connectivity index (χ1n) is 5.44. The van der Waals surface area contributed by atoms with Gasteiger partial charge in [0.15, 0.2) is 0 Å². The zero-order chi connectivity index (χ0) is 12.1. The molecule has 17 heavy (non-hydrogen) atoms. The lowest BCUT2D eigenvalue weighted by atomic mass is 10.1. The van der Waals surface area contributed by atoms with E-state index < -0.39 is 0 Å². The molecule has 1 aromatic carbocycles. The molecular formula is C13H13ClN2O. The Balaban J connectivity index is 2.26. The van der Waals surface area contributed by atoms with Crippen LogP contribution < -0.4 is 4.74 Å². The zero-order valence-electron chi connectivity index (χ0n) is 9.56. The molecule has 2 aromatic rings. The average Bonchev–Trinajstić information content (AvgIpc) is 2.40. The number of nitrogens with zero attached hydrogens (tertiary/aromatic N) is 2. The van der Waals surface area contributed by atoms with Crippen LogP contribution in [0.1, 0.15) is 12.7 Å². The second-order valence-corrected chi connectivity index (χ2v) is 3.72. The molecule has 0 aliphatic rings. The van der Waals surface area contributed by atoms with Crippen molar-refractivity contribution in [3.05, 3.63) is 42.4 Å². The van der Waals surface area contributed by atoms with Gasteiger partial charge in [0, 0.05) is 11.8 Å². The van der Waals surface area contributed by atoms with Crippen LogP contribution in [0.3, 0.4) is 0 Å². The first-order valence-corrected chi connectivity index (χ1v) is 5.98. The number of halogens is 1. The molecule has 2 rings (SSSR count). The molecule has 0 N–H and O–H groups in total. The van der Waals surface area contributed by atoms with Crippen molar-refractivity contribution in [3.63, 3.8) is 0 Å². The van der Waals surface area contributed by atoms with Crippen molar-refractivity contribution < 1.29 is 4.74 Å². The number of aromatic nitrogens is 2. The van der Waals surface area contributed by atoms with E-state index in [1.165, 1.54) is 0 Å². The van der Waals surface area contributed by atoms with Crippen LogP contribution in [0.15, 0.2) is 36.5 Å². The van der Waals surface area contributed by atoms with E-state index in [9.17, 15) is 0 Å². The van der Waals surface area contributed by atoms with Gasteiger partial charge in [-0.15, -0.1) is 11.6 Å². The summed E-state index contributed by atoms with van der Waals surface area (Å²) in [6.07, 6.45) is 1.72. The van der Waals surface area contributed by atoms with Gasteiger partial charge >= 0.3 is 0 Å². The lowest BCUT2D eigenvalue weighted by Crippen LogP contribution is -1.94. The van der Waals surface area contributed by atoms with Gasteiger partial charge in [-0.1, -0.05) is 0 Å². The highest BCUT2D eigenvalue weighted by molar-refractivity contribution is 6.16. The summed E-state index contributed by atoms with van der Waals surface area (Å²) in [4.78, 5) is 8.42. The SMILES string of the molecule is CCOc1ccc(-c2ccnc(CCl)n2)cc1. The third-order valence-electron chi connectivity index (χ3n) is 2.29. The summed E-state index contributed by atoms with van der Waals surface area (Å²) in [6.45, 7) is 2.63. The van der Waals surface area contributed by atoms with E-state index in [2.05, 4.69) is 9.97 Å². The van der Waals surface area contributed by atoms with Gasteiger partial charge in [-0.05, 0) is 37.3 Å². The van der Waals surface area contributed by atoms with E-state index in [4.69, 9.17) is 16.3 Å². The van der Waals surface area contributed by atoms with Gasteiger partial charge in [0.2, 0.25) is 0 Å². The van der Waals surface area contributed by atoms with Crippen LogP contribution in [0, 0.1) is 0 Å². The van der Waals surface area contributed by atoms with Gasteiger partial charge in [-0.3, -0.25) is 0 Å². The Hall–Kier alpha value is -1.61. The Labute approximate surface area is 105 Å². The maximum Gasteiger partial charge on any atom is 0.143 e. The Morgan fingerprint density at radius 1 is 1.18 bits per heavy atom. The molecule has 1 heterocycles. The van der Waals surface area contributed by atoms with Crippen LogP contribution in [-0.2, 0) is 5.88 Å². The van der Waals surface area contributed by atoms with E-state index in [0.29, 0.717) is 18.3 Å². The molecular weight excluding hydrogens is 236 g/mol. The molecule has 3 nitrogen and oxygen atoms in total. The molecule has 1 aromatic heterocycles. The van der Waals surface area contributed by atoms with Crippen LogP contribution in [0.2, 0.25) is 0 Å². The summed E-state index contributed by atoms with van der Waals surface area (Å²) in [5, 5.41) is 0. The summed E-state index contributed by atoms with van der Waals surface area (Å²) < 4.78 is 5.39. The maximum atomic E-state index is 5.71. The van der Waals surface area contributed by atoms with Gasteiger partial charge < -0.3 is 4.74 Å². The molecule has 0 saturated heterocycles. The summed E-state index contributed by atoms with van der Waals surface area (Å²) in [5.41, 5.74) is 1.90. The molecule has 0 amide bonds. The largest absolute Gasteiger partial charge is 0.494 e. The van der Waals surface area contributed by atoms with Crippen molar-refractivity contribution in [2.24, 2.45) is 0 Å². The Morgan fingerprint density at radius 2 is 1.94 bits per heavy atom. The Kier molecular flexibility index (Phi) is 3.94. The summed E-state index contributed by atoms with van der Waals surface area (Å²) in [5.74, 6) is 1.83. The van der Waals surface area contributed by atoms with Crippen LogP contribution in [0.5, 0.6) is 5.75 Å². The van der Waals surface area contributed by atoms with E-state index in [1.807, 2.05) is 37.3 Å². The van der Waals surface area contributed by atoms with Gasteiger partial charge in [0.05, 0.1) is 18.2 Å². The lowest BCUT2D eigenvalue weighted by Gasteiger charge is -2.05. The van der Waals surface area contributed by atoms with Crippen molar-refractivity contribution in [2.45, 2.75) is 12.8 Å². The second kappa shape index (κ2) is 5.64. The minimum Gasteiger partial charge on any atom is -0.494 e. The molecule has 88 valence electrons. The third-order valence-corrected chi connectivity index (χ3v) is 2.53. The number of benzene rings is 1. The number of ether oxygens (including phenoxy) is 1. The molecule has 0 saturated carbocycles. The average molecular weight is 249 g/mol. The maximum absolute atomic E-state index is 5.71. The second-order valence-electron chi connectivity index (χ2n) is 3.45. The fourth-order valence-corrected chi connectivity index (χ4v) is 1.64. The summed E-state index contributed by atoms with van der Waals surface area (Å²) >= 11 is 5.71. The third kappa shape index (κ3) is 2.94. The predicted molar refractivity (Wildman–Crippen MR) is 68.2 cm³/mol. The molecule has 0 fully saturated rings. The number of hydrogen-bond donors (Lipinski definition) is 0. The minimum absolute atomic E-state index is 0.324. The first-order chi connectivity index (χ1) is 8.33. The van der Waals surface area contributed by atoms with Crippen LogP contribution in [0.25, 0.3) is 11.3 Å². The molecule has 0 unspecified atom stereocenters. The number of hydrogen-bond acceptors (Lipinski definition) is 3. The molecule has 0 aliphatic heterocycles. The number of alkyl halides is 1. The fraction of sp³-hybridized carbons (Fsp3) is 0.231. The molecule has 0 atom stereocenters. The van der Waals surface area contributed by atoms with Crippen LogP contribution >= 0.6 is 11.6 Å². The molecule has 0 radical (unpaired) electrons. The standard InChI is InChI=1S/C13H13ClN2O/c1-2-17-11-5-3-10(4-6-11)12-7-8-15-13(9-14)16-12/h3-8H,2,9H2,1H3. The quantitative estimate of drug-likeness (QED) is 0.779. The highest BCUT2D eigenvalue weighted by Gasteiger charge is 2.01. The smallest absolute Gasteiger partial charge is 0.143 e. The van der Waals surface area contributed by atoms with Crippen molar-refractivity contribution in [3.8, 4) is 17.0 Å². The molecule has 0 bridgehead atoms. The highest BCUT2D eigenvalue weighted by atomic mass is 35.5. The summed E-state index contributed by atoms with van der Waals surface area (Å²) in [6, 6.07) is 9.69. The topological polar surface area (TPSA) is 35.0 Å². The van der Waals surface area contributed by atoms with Gasteiger partial charge in [-0.2, -0.15) is 0 Å². The molecule has 4 heteroatoms. The molecule has 0 aliphatic carbocycles. The van der Waals surface area contributed by atoms with Crippen molar-refractivity contribution >= 4 is 11.6 Å². The Bertz CT molecular complexity index is 485. The predicted octanol–water partition coefficient (Wildman–Crippen LogP) is 3.28. The minimum atomic E-state index is 0.324. The van der Waals surface area contributed by atoms with Gasteiger partial charge in [-0.25, -0.2) is 9.97 Å². The number of rotatable bonds is 4. The van der Waals surface area contributed by atoms with E-state index in [0.717, 1.165) is 17.0 Å². The lowest BCUT2D eigenvalue weighted by molar-refractivity contribution is 0.340. The summed E-state index contributed by atoms with van der Waals surface area (Å²) in [7, 11) is 0. The van der Waals surface area contributed by atoms with E-state index in [1.54, 1.807) is 6.20 Å².